The van der Waals surface area contributed by atoms with E-state index >= 15 is 0 Å². The average Bonchev–Trinajstić information content (AvgIpc) is 2.17. The van der Waals surface area contributed by atoms with Gasteiger partial charge in [-0.3, -0.25) is 0 Å². The second kappa shape index (κ2) is 5.15. The molecule has 1 N–H and O–H groups in total. The molecule has 80 valence electrons. The molecule has 0 aromatic carbocycles. The third-order valence-electron chi connectivity index (χ3n) is 1.79. The third kappa shape index (κ3) is 3.43. The third-order valence-corrected chi connectivity index (χ3v) is 1.79. The van der Waals surface area contributed by atoms with E-state index in [4.69, 9.17) is 5.26 Å². The fourth-order valence-electron chi connectivity index (χ4n) is 1.12. The van der Waals surface area contributed by atoms with Gasteiger partial charge in [-0.25, -0.2) is 9.97 Å². The Morgan fingerprint density at radius 2 is 2.27 bits per heavy atom. The molecule has 5 heteroatoms. The van der Waals surface area contributed by atoms with E-state index in [-0.39, 0.29) is 0 Å². The molecule has 0 fully saturated rings. The van der Waals surface area contributed by atoms with Crippen LogP contribution in [0.25, 0.3) is 0 Å². The first-order chi connectivity index (χ1) is 7.13. The molecule has 0 radical (unpaired) electrons. The number of anilines is 2. The van der Waals surface area contributed by atoms with Crippen LogP contribution >= 0.6 is 0 Å². The van der Waals surface area contributed by atoms with Crippen molar-refractivity contribution in [1.29, 1.82) is 5.26 Å². The van der Waals surface area contributed by atoms with Gasteiger partial charge in [-0.2, -0.15) is 5.26 Å². The van der Waals surface area contributed by atoms with E-state index in [0.717, 1.165) is 11.6 Å². The molecular formula is C10H15N5. The normalized spacial score (nSPS) is 9.80. The molecular weight excluding hydrogens is 190 g/mol. The molecule has 1 aromatic heterocycles. The lowest BCUT2D eigenvalue weighted by Gasteiger charge is -2.15. The maximum Gasteiger partial charge on any atom is 0.134 e. The van der Waals surface area contributed by atoms with Crippen LogP contribution in [0.15, 0.2) is 12.4 Å². The summed E-state index contributed by atoms with van der Waals surface area (Å²) >= 11 is 0. The molecule has 0 unspecified atom stereocenters. The average molecular weight is 205 g/mol. The van der Waals surface area contributed by atoms with Gasteiger partial charge in [0.2, 0.25) is 0 Å². The molecule has 1 rings (SSSR count). The highest BCUT2D eigenvalue weighted by atomic mass is 15.2. The standard InChI is InChI=1S/C10H15N5/c1-8(2)14-9-6-10(13-7-12-9)15(3)5-4-11/h6-8H,5H2,1-3H3,(H,12,13,14). The van der Waals surface area contributed by atoms with Gasteiger partial charge in [0.05, 0.1) is 6.07 Å². The van der Waals surface area contributed by atoms with Gasteiger partial charge in [0.1, 0.15) is 24.5 Å². The van der Waals surface area contributed by atoms with Crippen molar-refractivity contribution in [2.75, 3.05) is 23.8 Å². The largest absolute Gasteiger partial charge is 0.368 e. The number of nitrogens with zero attached hydrogens (tertiary/aromatic N) is 4. The van der Waals surface area contributed by atoms with Crippen LogP contribution in [0.5, 0.6) is 0 Å². The Balaban J connectivity index is 2.78. The molecule has 0 amide bonds. The van der Waals surface area contributed by atoms with Crippen LogP contribution in [0.1, 0.15) is 13.8 Å². The number of aromatic nitrogens is 2. The Bertz CT molecular complexity index is 355. The summed E-state index contributed by atoms with van der Waals surface area (Å²) in [4.78, 5) is 9.95. The highest BCUT2D eigenvalue weighted by Gasteiger charge is 2.04. The molecule has 5 nitrogen and oxygen atoms in total. The maximum absolute atomic E-state index is 8.56. The first-order valence-corrected chi connectivity index (χ1v) is 4.80. The van der Waals surface area contributed by atoms with Crippen molar-refractivity contribution in [3.05, 3.63) is 12.4 Å². The predicted molar refractivity (Wildman–Crippen MR) is 59.7 cm³/mol. The lowest BCUT2D eigenvalue weighted by atomic mass is 10.4. The highest BCUT2D eigenvalue weighted by molar-refractivity contribution is 5.48. The number of nitrogens with one attached hydrogen (secondary N) is 1. The van der Waals surface area contributed by atoms with Crippen molar-refractivity contribution in [3.63, 3.8) is 0 Å². The Morgan fingerprint density at radius 3 is 2.87 bits per heavy atom. The lowest BCUT2D eigenvalue weighted by molar-refractivity contribution is 0.882. The van der Waals surface area contributed by atoms with Gasteiger partial charge in [0.15, 0.2) is 0 Å². The first-order valence-electron chi connectivity index (χ1n) is 4.80. The van der Waals surface area contributed by atoms with Crippen LogP contribution in [-0.2, 0) is 0 Å². The molecule has 0 spiro atoms. The monoisotopic (exact) mass is 205 g/mol. The van der Waals surface area contributed by atoms with E-state index in [2.05, 4.69) is 21.4 Å². The summed E-state index contributed by atoms with van der Waals surface area (Å²) < 4.78 is 0. The van der Waals surface area contributed by atoms with Gasteiger partial charge in [0.25, 0.3) is 0 Å². The zero-order chi connectivity index (χ0) is 11.3. The van der Waals surface area contributed by atoms with Crippen molar-refractivity contribution >= 4 is 11.6 Å². The second-order valence-corrected chi connectivity index (χ2v) is 3.57. The van der Waals surface area contributed by atoms with Crippen molar-refractivity contribution in [2.45, 2.75) is 19.9 Å². The fourth-order valence-corrected chi connectivity index (χ4v) is 1.12. The number of rotatable bonds is 4. The Morgan fingerprint density at radius 1 is 1.53 bits per heavy atom. The van der Waals surface area contributed by atoms with E-state index in [1.54, 1.807) is 4.90 Å². The maximum atomic E-state index is 8.56. The highest BCUT2D eigenvalue weighted by Crippen LogP contribution is 2.12. The summed E-state index contributed by atoms with van der Waals surface area (Å²) in [6, 6.07) is 4.23. The van der Waals surface area contributed by atoms with Crippen LogP contribution < -0.4 is 10.2 Å². The molecule has 0 saturated heterocycles. The minimum absolute atomic E-state index is 0.318. The number of hydrogen-bond donors (Lipinski definition) is 1. The summed E-state index contributed by atoms with van der Waals surface area (Å²) in [5.41, 5.74) is 0. The summed E-state index contributed by atoms with van der Waals surface area (Å²) in [6.45, 7) is 4.40. The van der Waals surface area contributed by atoms with Crippen LogP contribution in [0, 0.1) is 11.3 Å². The topological polar surface area (TPSA) is 64.8 Å². The van der Waals surface area contributed by atoms with Crippen LogP contribution in [0.2, 0.25) is 0 Å². The Kier molecular flexibility index (Phi) is 3.86. The lowest BCUT2D eigenvalue weighted by Crippen LogP contribution is -2.19. The van der Waals surface area contributed by atoms with Crippen LogP contribution in [0.3, 0.4) is 0 Å². The van der Waals surface area contributed by atoms with Gasteiger partial charge in [-0.05, 0) is 13.8 Å². The van der Waals surface area contributed by atoms with Crippen LogP contribution in [-0.4, -0.2) is 29.6 Å². The van der Waals surface area contributed by atoms with E-state index in [0.29, 0.717) is 12.6 Å². The summed E-state index contributed by atoms with van der Waals surface area (Å²) in [5.74, 6) is 1.52. The minimum atomic E-state index is 0.318. The van der Waals surface area contributed by atoms with E-state index < -0.39 is 0 Å². The molecule has 0 aliphatic heterocycles. The SMILES string of the molecule is CC(C)Nc1cc(N(C)CC#N)ncn1. The molecule has 0 bridgehead atoms. The predicted octanol–water partition coefficient (Wildman–Crippen LogP) is 1.26. The number of nitriles is 1. The van der Waals surface area contributed by atoms with Crippen molar-refractivity contribution < 1.29 is 0 Å². The quantitative estimate of drug-likeness (QED) is 0.749. The minimum Gasteiger partial charge on any atom is -0.368 e. The summed E-state index contributed by atoms with van der Waals surface area (Å²) in [5, 5.41) is 11.7. The zero-order valence-corrected chi connectivity index (χ0v) is 9.23. The number of hydrogen-bond acceptors (Lipinski definition) is 5. The van der Waals surface area contributed by atoms with Gasteiger partial charge in [0, 0.05) is 19.2 Å². The molecule has 0 aliphatic rings. The van der Waals surface area contributed by atoms with Crippen molar-refractivity contribution in [1.82, 2.24) is 9.97 Å². The van der Waals surface area contributed by atoms with E-state index in [9.17, 15) is 0 Å². The van der Waals surface area contributed by atoms with Crippen molar-refractivity contribution in [3.8, 4) is 6.07 Å². The van der Waals surface area contributed by atoms with Crippen LogP contribution in [0.4, 0.5) is 11.6 Å². The molecule has 0 aliphatic carbocycles. The van der Waals surface area contributed by atoms with Gasteiger partial charge < -0.3 is 10.2 Å². The van der Waals surface area contributed by atoms with Gasteiger partial charge >= 0.3 is 0 Å². The van der Waals surface area contributed by atoms with Crippen molar-refractivity contribution in [2.24, 2.45) is 0 Å². The fraction of sp³-hybridized carbons (Fsp3) is 0.500. The van der Waals surface area contributed by atoms with Gasteiger partial charge in [-0.15, -0.1) is 0 Å². The second-order valence-electron chi connectivity index (χ2n) is 3.57. The summed E-state index contributed by atoms with van der Waals surface area (Å²) in [6.07, 6.45) is 1.49. The molecule has 0 atom stereocenters. The molecule has 15 heavy (non-hydrogen) atoms. The zero-order valence-electron chi connectivity index (χ0n) is 9.23. The van der Waals surface area contributed by atoms with E-state index in [1.807, 2.05) is 27.0 Å². The molecule has 1 heterocycles. The first kappa shape index (κ1) is 11.2. The smallest absolute Gasteiger partial charge is 0.134 e. The van der Waals surface area contributed by atoms with E-state index in [1.165, 1.54) is 6.33 Å². The summed E-state index contributed by atoms with van der Waals surface area (Å²) in [7, 11) is 1.82. The van der Waals surface area contributed by atoms with Gasteiger partial charge in [-0.1, -0.05) is 0 Å². The Labute approximate surface area is 89.8 Å². The molecule has 1 aromatic rings. The Hall–Kier alpha value is -1.83. The molecule has 0 saturated carbocycles.